The van der Waals surface area contributed by atoms with Gasteiger partial charge < -0.3 is 24.2 Å². The maximum Gasteiger partial charge on any atom is 0.295 e. The van der Waals surface area contributed by atoms with Gasteiger partial charge in [-0.15, -0.1) is 0 Å². The minimum absolute atomic E-state index is 0.0850. The number of aliphatic hydroxyl groups excluding tert-OH is 1. The summed E-state index contributed by atoms with van der Waals surface area (Å²) in [6.45, 7) is 6.86. The molecule has 1 amide bonds. The van der Waals surface area contributed by atoms with Crippen LogP contribution in [-0.4, -0.2) is 79.7 Å². The Morgan fingerprint density at radius 2 is 1.81 bits per heavy atom. The van der Waals surface area contributed by atoms with Crippen LogP contribution in [0.15, 0.2) is 54.1 Å². The van der Waals surface area contributed by atoms with Crippen molar-refractivity contribution in [3.05, 3.63) is 65.2 Å². The smallest absolute Gasteiger partial charge is 0.295 e. The van der Waals surface area contributed by atoms with Crippen molar-refractivity contribution in [2.45, 2.75) is 25.8 Å². The molecule has 2 aliphatic heterocycles. The van der Waals surface area contributed by atoms with Crippen LogP contribution in [0.5, 0.6) is 11.5 Å². The minimum atomic E-state index is -0.732. The van der Waals surface area contributed by atoms with E-state index in [1.807, 2.05) is 19.1 Å². The number of aliphatic hydroxyl groups is 1. The van der Waals surface area contributed by atoms with Crippen molar-refractivity contribution in [3.63, 3.8) is 0 Å². The molecule has 8 nitrogen and oxygen atoms in total. The van der Waals surface area contributed by atoms with Crippen molar-refractivity contribution >= 4 is 17.4 Å². The number of hydrogen-bond acceptors (Lipinski definition) is 7. The first-order chi connectivity index (χ1) is 17.5. The lowest BCUT2D eigenvalue weighted by atomic mass is 9.95. The second kappa shape index (κ2) is 12.1. The number of nitrogens with zero attached hydrogens (tertiary/aromatic N) is 2. The highest BCUT2D eigenvalue weighted by atomic mass is 16.5. The third-order valence-corrected chi connectivity index (χ3v) is 6.53. The Labute approximate surface area is 212 Å². The molecular weight excluding hydrogens is 460 g/mol. The molecule has 0 spiro atoms. The van der Waals surface area contributed by atoms with Gasteiger partial charge in [0.15, 0.2) is 11.5 Å². The number of likely N-dealkylation sites (tertiary alicyclic amines) is 1. The first-order valence-electron chi connectivity index (χ1n) is 12.5. The third-order valence-electron chi connectivity index (χ3n) is 6.53. The zero-order chi connectivity index (χ0) is 25.5. The maximum atomic E-state index is 13.2. The lowest BCUT2D eigenvalue weighted by Crippen LogP contribution is -2.39. The molecule has 0 saturated carbocycles. The molecule has 2 fully saturated rings. The number of methoxy groups -OCH3 is 1. The second-order valence-corrected chi connectivity index (χ2v) is 8.92. The molecule has 2 aliphatic rings. The van der Waals surface area contributed by atoms with Gasteiger partial charge in [0, 0.05) is 31.7 Å². The normalized spacial score (nSPS) is 20.1. The van der Waals surface area contributed by atoms with Crippen LogP contribution >= 0.6 is 0 Å². The van der Waals surface area contributed by atoms with Crippen LogP contribution in [0.4, 0.5) is 0 Å². The highest BCUT2D eigenvalue weighted by Gasteiger charge is 2.46. The van der Waals surface area contributed by atoms with E-state index in [1.165, 1.54) is 0 Å². The summed E-state index contributed by atoms with van der Waals surface area (Å²) in [5, 5.41) is 11.2. The van der Waals surface area contributed by atoms with E-state index in [-0.39, 0.29) is 11.3 Å². The van der Waals surface area contributed by atoms with E-state index in [0.717, 1.165) is 26.1 Å². The standard InChI is InChI=1S/C28H34N2O6/c1-3-16-36-22-11-10-21(19-23(22)34-2)25-24(26(31)20-8-5-4-6-9-20)27(32)28(33)30(25)13-7-12-29-14-17-35-18-15-29/h4-6,8-11,19,25,31H,3,7,12-18H2,1-2H3/t25-/m0/s1. The highest BCUT2D eigenvalue weighted by molar-refractivity contribution is 6.46. The Bertz CT molecular complexity index is 1090. The number of ketones is 1. The molecule has 36 heavy (non-hydrogen) atoms. The van der Waals surface area contributed by atoms with Crippen LogP contribution in [0, 0.1) is 0 Å². The quantitative estimate of drug-likeness (QED) is 0.307. The van der Waals surface area contributed by atoms with E-state index in [4.69, 9.17) is 14.2 Å². The number of Topliss-reactive ketones (excluding diaryl/α,β-unsaturated/α-hetero) is 1. The van der Waals surface area contributed by atoms with Crippen molar-refractivity contribution in [3.8, 4) is 11.5 Å². The first kappa shape index (κ1) is 25.7. The lowest BCUT2D eigenvalue weighted by Gasteiger charge is -2.29. The van der Waals surface area contributed by atoms with E-state index >= 15 is 0 Å². The molecule has 8 heteroatoms. The fraction of sp³-hybridized carbons (Fsp3) is 0.429. The maximum absolute atomic E-state index is 13.2. The van der Waals surface area contributed by atoms with Crippen molar-refractivity contribution in [2.24, 2.45) is 0 Å². The molecule has 2 saturated heterocycles. The molecule has 192 valence electrons. The van der Waals surface area contributed by atoms with E-state index in [9.17, 15) is 14.7 Å². The van der Waals surface area contributed by atoms with Crippen molar-refractivity contribution < 1.29 is 28.9 Å². The molecule has 4 rings (SSSR count). The number of morpholine rings is 1. The molecular formula is C28H34N2O6. The van der Waals surface area contributed by atoms with Gasteiger partial charge in [-0.05, 0) is 30.5 Å². The number of carbonyl (C=O) groups excluding carboxylic acids is 2. The summed E-state index contributed by atoms with van der Waals surface area (Å²) in [6, 6.07) is 13.5. The molecule has 0 aliphatic carbocycles. The number of hydrogen-bond donors (Lipinski definition) is 1. The summed E-state index contributed by atoms with van der Waals surface area (Å²) < 4.78 is 16.8. The lowest BCUT2D eigenvalue weighted by molar-refractivity contribution is -0.140. The van der Waals surface area contributed by atoms with Gasteiger partial charge in [-0.25, -0.2) is 0 Å². The molecule has 0 radical (unpaired) electrons. The Balaban J connectivity index is 1.69. The fourth-order valence-corrected chi connectivity index (χ4v) is 4.68. The second-order valence-electron chi connectivity index (χ2n) is 8.92. The Morgan fingerprint density at radius 1 is 1.06 bits per heavy atom. The van der Waals surface area contributed by atoms with Gasteiger partial charge in [0.05, 0.1) is 38.5 Å². The average Bonchev–Trinajstić information content (AvgIpc) is 3.17. The zero-order valence-electron chi connectivity index (χ0n) is 20.9. The fourth-order valence-electron chi connectivity index (χ4n) is 4.68. The van der Waals surface area contributed by atoms with E-state index < -0.39 is 17.7 Å². The Hall–Kier alpha value is -3.36. The largest absolute Gasteiger partial charge is 0.507 e. The number of ether oxygens (including phenoxy) is 3. The Morgan fingerprint density at radius 3 is 2.50 bits per heavy atom. The number of rotatable bonds is 10. The number of carbonyl (C=O) groups is 2. The summed E-state index contributed by atoms with van der Waals surface area (Å²) >= 11 is 0. The molecule has 2 heterocycles. The zero-order valence-corrected chi connectivity index (χ0v) is 20.9. The Kier molecular flexibility index (Phi) is 8.61. The monoisotopic (exact) mass is 494 g/mol. The summed E-state index contributed by atoms with van der Waals surface area (Å²) in [4.78, 5) is 30.3. The van der Waals surface area contributed by atoms with Gasteiger partial charge in [0.1, 0.15) is 5.76 Å². The molecule has 2 aromatic carbocycles. The molecule has 0 unspecified atom stereocenters. The molecule has 1 N–H and O–H groups in total. The van der Waals surface area contributed by atoms with Gasteiger partial charge in [0.2, 0.25) is 0 Å². The third kappa shape index (κ3) is 5.55. The predicted molar refractivity (Wildman–Crippen MR) is 136 cm³/mol. The summed E-state index contributed by atoms with van der Waals surface area (Å²) in [5.41, 5.74) is 1.25. The summed E-state index contributed by atoms with van der Waals surface area (Å²) in [5.74, 6) is -0.363. The van der Waals surface area contributed by atoms with Crippen LogP contribution in [-0.2, 0) is 14.3 Å². The number of amides is 1. The minimum Gasteiger partial charge on any atom is -0.507 e. The van der Waals surface area contributed by atoms with Gasteiger partial charge in [-0.2, -0.15) is 0 Å². The molecule has 1 atom stereocenters. The SMILES string of the molecule is CCCOc1ccc([C@H]2C(=C(O)c3ccccc3)C(=O)C(=O)N2CCCN2CCOCC2)cc1OC. The van der Waals surface area contributed by atoms with Gasteiger partial charge in [-0.1, -0.05) is 43.3 Å². The van der Waals surface area contributed by atoms with Crippen molar-refractivity contribution in [1.82, 2.24) is 9.80 Å². The van der Waals surface area contributed by atoms with Crippen LogP contribution in [0.25, 0.3) is 5.76 Å². The molecule has 0 bridgehead atoms. The van der Waals surface area contributed by atoms with Crippen LogP contribution in [0.1, 0.15) is 36.9 Å². The van der Waals surface area contributed by atoms with Crippen molar-refractivity contribution in [1.29, 1.82) is 0 Å². The van der Waals surface area contributed by atoms with E-state index in [1.54, 1.807) is 48.4 Å². The number of benzene rings is 2. The van der Waals surface area contributed by atoms with E-state index in [2.05, 4.69) is 4.90 Å². The van der Waals surface area contributed by atoms with E-state index in [0.29, 0.717) is 55.4 Å². The van der Waals surface area contributed by atoms with Crippen molar-refractivity contribution in [2.75, 3.05) is 53.1 Å². The topological polar surface area (TPSA) is 88.5 Å². The highest BCUT2D eigenvalue weighted by Crippen LogP contribution is 2.42. The first-order valence-corrected chi connectivity index (χ1v) is 12.5. The molecule has 0 aromatic heterocycles. The van der Waals surface area contributed by atoms with Gasteiger partial charge in [0.25, 0.3) is 11.7 Å². The van der Waals surface area contributed by atoms with Gasteiger partial charge in [-0.3, -0.25) is 14.5 Å². The van der Waals surface area contributed by atoms with Gasteiger partial charge >= 0.3 is 0 Å². The molecule has 2 aromatic rings. The summed E-state index contributed by atoms with van der Waals surface area (Å²) in [7, 11) is 1.56. The predicted octanol–water partition coefficient (Wildman–Crippen LogP) is 3.63. The average molecular weight is 495 g/mol. The van der Waals surface area contributed by atoms with Crippen LogP contribution < -0.4 is 9.47 Å². The summed E-state index contributed by atoms with van der Waals surface area (Å²) in [6.07, 6.45) is 1.55. The van der Waals surface area contributed by atoms with Crippen LogP contribution in [0.2, 0.25) is 0 Å². The van der Waals surface area contributed by atoms with Crippen LogP contribution in [0.3, 0.4) is 0 Å².